The van der Waals surface area contributed by atoms with Crippen molar-refractivity contribution in [3.05, 3.63) is 54.2 Å². The molecular formula is C14H13FN4. The van der Waals surface area contributed by atoms with Crippen molar-refractivity contribution in [2.75, 3.05) is 5.32 Å². The molecule has 2 heterocycles. The zero-order valence-corrected chi connectivity index (χ0v) is 10.4. The highest BCUT2D eigenvalue weighted by atomic mass is 19.1. The third-order valence-electron chi connectivity index (χ3n) is 3.02. The molecule has 1 atom stereocenters. The molecule has 0 fully saturated rings. The Balaban J connectivity index is 1.81. The van der Waals surface area contributed by atoms with E-state index in [1.165, 1.54) is 12.3 Å². The van der Waals surface area contributed by atoms with E-state index in [2.05, 4.69) is 20.5 Å². The van der Waals surface area contributed by atoms with Gasteiger partial charge in [-0.05, 0) is 37.3 Å². The molecule has 0 aliphatic rings. The third kappa shape index (κ3) is 2.40. The van der Waals surface area contributed by atoms with Crippen LogP contribution in [-0.4, -0.2) is 15.2 Å². The monoisotopic (exact) mass is 256 g/mol. The summed E-state index contributed by atoms with van der Waals surface area (Å²) in [5, 5.41) is 11.3. The molecular weight excluding hydrogens is 243 g/mol. The Kier molecular flexibility index (Phi) is 2.87. The second-order valence-electron chi connectivity index (χ2n) is 4.44. The van der Waals surface area contributed by atoms with Gasteiger partial charge in [0.2, 0.25) is 0 Å². The van der Waals surface area contributed by atoms with Gasteiger partial charge in [-0.1, -0.05) is 0 Å². The van der Waals surface area contributed by atoms with Gasteiger partial charge in [0.05, 0.1) is 29.6 Å². The summed E-state index contributed by atoms with van der Waals surface area (Å²) in [6, 6.07) is 9.06. The molecule has 2 N–H and O–H groups in total. The molecule has 0 aliphatic carbocycles. The number of fused-ring (bicyclic) bond motifs is 1. The molecule has 0 bridgehead atoms. The average molecular weight is 256 g/mol. The zero-order valence-electron chi connectivity index (χ0n) is 10.4. The van der Waals surface area contributed by atoms with Gasteiger partial charge in [0, 0.05) is 11.1 Å². The van der Waals surface area contributed by atoms with E-state index >= 15 is 0 Å². The molecule has 0 saturated carbocycles. The fourth-order valence-electron chi connectivity index (χ4n) is 1.99. The number of anilines is 1. The van der Waals surface area contributed by atoms with Crippen molar-refractivity contribution in [1.82, 2.24) is 15.2 Å². The molecule has 1 unspecified atom stereocenters. The molecule has 19 heavy (non-hydrogen) atoms. The van der Waals surface area contributed by atoms with Gasteiger partial charge in [-0.3, -0.25) is 10.1 Å². The molecule has 0 amide bonds. The van der Waals surface area contributed by atoms with Gasteiger partial charge < -0.3 is 5.32 Å². The Morgan fingerprint density at radius 2 is 2.11 bits per heavy atom. The standard InChI is InChI=1S/C14H13FN4/c1-9(13-5-3-11(15)8-16-13)18-12-4-2-10-7-17-19-14(10)6-12/h2-9,18H,1H3,(H,17,19). The number of hydrogen-bond donors (Lipinski definition) is 2. The average Bonchev–Trinajstić information content (AvgIpc) is 2.87. The molecule has 4 nitrogen and oxygen atoms in total. The van der Waals surface area contributed by atoms with Crippen LogP contribution in [0.25, 0.3) is 10.9 Å². The van der Waals surface area contributed by atoms with Gasteiger partial charge in [0.1, 0.15) is 5.82 Å². The van der Waals surface area contributed by atoms with Gasteiger partial charge in [0.25, 0.3) is 0 Å². The lowest BCUT2D eigenvalue weighted by molar-refractivity contribution is 0.617. The maximum Gasteiger partial charge on any atom is 0.141 e. The first-order chi connectivity index (χ1) is 9.22. The summed E-state index contributed by atoms with van der Waals surface area (Å²) in [6.45, 7) is 1.98. The van der Waals surface area contributed by atoms with Gasteiger partial charge in [-0.15, -0.1) is 0 Å². The summed E-state index contributed by atoms with van der Waals surface area (Å²) in [5.41, 5.74) is 2.74. The molecule has 0 saturated heterocycles. The third-order valence-corrected chi connectivity index (χ3v) is 3.02. The van der Waals surface area contributed by atoms with Crippen molar-refractivity contribution < 1.29 is 4.39 Å². The van der Waals surface area contributed by atoms with Crippen molar-refractivity contribution in [2.45, 2.75) is 13.0 Å². The van der Waals surface area contributed by atoms with Gasteiger partial charge in [-0.2, -0.15) is 5.10 Å². The summed E-state index contributed by atoms with van der Waals surface area (Å²) in [4.78, 5) is 4.07. The molecule has 1 aromatic carbocycles. The van der Waals surface area contributed by atoms with Crippen molar-refractivity contribution in [3.8, 4) is 0 Å². The molecule has 5 heteroatoms. The number of nitrogens with one attached hydrogen (secondary N) is 2. The second kappa shape index (κ2) is 4.68. The lowest BCUT2D eigenvalue weighted by Gasteiger charge is -2.14. The Bertz CT molecular complexity index is 690. The lowest BCUT2D eigenvalue weighted by atomic mass is 10.2. The topological polar surface area (TPSA) is 53.6 Å². The molecule has 96 valence electrons. The van der Waals surface area contributed by atoms with Crippen molar-refractivity contribution in [3.63, 3.8) is 0 Å². The number of halogens is 1. The summed E-state index contributed by atoms with van der Waals surface area (Å²) in [6.07, 6.45) is 3.01. The number of rotatable bonds is 3. The SMILES string of the molecule is CC(Nc1ccc2cn[nH]c2c1)c1ccc(F)cn1. The largest absolute Gasteiger partial charge is 0.377 e. The zero-order chi connectivity index (χ0) is 13.2. The van der Waals surface area contributed by atoms with Crippen molar-refractivity contribution in [2.24, 2.45) is 0 Å². The molecule has 3 rings (SSSR count). The summed E-state index contributed by atoms with van der Waals surface area (Å²) in [5.74, 6) is -0.324. The Labute approximate surface area is 109 Å². The first-order valence-electron chi connectivity index (χ1n) is 6.03. The van der Waals surface area contributed by atoms with Gasteiger partial charge >= 0.3 is 0 Å². The van der Waals surface area contributed by atoms with Crippen LogP contribution in [0.4, 0.5) is 10.1 Å². The fraction of sp³-hybridized carbons (Fsp3) is 0.143. The first-order valence-corrected chi connectivity index (χ1v) is 6.03. The fourth-order valence-corrected chi connectivity index (χ4v) is 1.99. The van der Waals surface area contributed by atoms with E-state index in [1.807, 2.05) is 25.1 Å². The summed E-state index contributed by atoms with van der Waals surface area (Å²) >= 11 is 0. The van der Waals surface area contributed by atoms with E-state index < -0.39 is 0 Å². The Morgan fingerprint density at radius 3 is 2.89 bits per heavy atom. The molecule has 3 aromatic rings. The van der Waals surface area contributed by atoms with Crippen LogP contribution in [-0.2, 0) is 0 Å². The Hall–Kier alpha value is -2.43. The number of hydrogen-bond acceptors (Lipinski definition) is 3. The normalized spacial score (nSPS) is 12.5. The minimum absolute atomic E-state index is 0.000899. The predicted octanol–water partition coefficient (Wildman–Crippen LogP) is 3.27. The van der Waals surface area contributed by atoms with Crippen LogP contribution in [0.3, 0.4) is 0 Å². The van der Waals surface area contributed by atoms with Crippen LogP contribution < -0.4 is 5.32 Å². The van der Waals surface area contributed by atoms with E-state index in [1.54, 1.807) is 12.3 Å². The van der Waals surface area contributed by atoms with Crippen molar-refractivity contribution in [1.29, 1.82) is 0 Å². The summed E-state index contributed by atoms with van der Waals surface area (Å²) in [7, 11) is 0. The maximum absolute atomic E-state index is 12.8. The number of pyridine rings is 1. The van der Waals surface area contributed by atoms with E-state index in [0.717, 1.165) is 22.3 Å². The van der Waals surface area contributed by atoms with Crippen LogP contribution in [0.1, 0.15) is 18.7 Å². The number of aromatic nitrogens is 3. The number of aromatic amines is 1. The number of benzene rings is 1. The lowest BCUT2D eigenvalue weighted by Crippen LogP contribution is -2.08. The summed E-state index contributed by atoms with van der Waals surface area (Å²) < 4.78 is 12.8. The van der Waals surface area contributed by atoms with E-state index in [9.17, 15) is 4.39 Å². The van der Waals surface area contributed by atoms with Gasteiger partial charge in [-0.25, -0.2) is 4.39 Å². The van der Waals surface area contributed by atoms with E-state index in [0.29, 0.717) is 0 Å². The molecule has 2 aromatic heterocycles. The highest BCUT2D eigenvalue weighted by Gasteiger charge is 2.07. The highest BCUT2D eigenvalue weighted by molar-refractivity contribution is 5.81. The number of nitrogens with zero attached hydrogens (tertiary/aromatic N) is 2. The second-order valence-corrected chi connectivity index (χ2v) is 4.44. The van der Waals surface area contributed by atoms with Crippen LogP contribution in [0.15, 0.2) is 42.7 Å². The minimum atomic E-state index is -0.324. The van der Waals surface area contributed by atoms with Crippen molar-refractivity contribution >= 4 is 16.6 Å². The molecule has 0 aliphatic heterocycles. The van der Waals surface area contributed by atoms with Crippen LogP contribution >= 0.6 is 0 Å². The van der Waals surface area contributed by atoms with Gasteiger partial charge in [0.15, 0.2) is 0 Å². The highest BCUT2D eigenvalue weighted by Crippen LogP contribution is 2.21. The van der Waals surface area contributed by atoms with E-state index in [-0.39, 0.29) is 11.9 Å². The predicted molar refractivity (Wildman–Crippen MR) is 72.3 cm³/mol. The van der Waals surface area contributed by atoms with Crippen LogP contribution in [0, 0.1) is 5.82 Å². The first kappa shape index (κ1) is 11.6. The molecule has 0 spiro atoms. The minimum Gasteiger partial charge on any atom is -0.377 e. The number of H-pyrrole nitrogens is 1. The van der Waals surface area contributed by atoms with Crippen LogP contribution in [0.5, 0.6) is 0 Å². The van der Waals surface area contributed by atoms with Crippen LogP contribution in [0.2, 0.25) is 0 Å². The molecule has 0 radical (unpaired) electrons. The van der Waals surface area contributed by atoms with E-state index in [4.69, 9.17) is 0 Å². The maximum atomic E-state index is 12.8. The Morgan fingerprint density at radius 1 is 1.21 bits per heavy atom. The quantitative estimate of drug-likeness (QED) is 0.756. The smallest absolute Gasteiger partial charge is 0.141 e.